The van der Waals surface area contributed by atoms with Crippen LogP contribution in [0.2, 0.25) is 0 Å². The third kappa shape index (κ3) is 2.72. The molecule has 0 spiro atoms. The van der Waals surface area contributed by atoms with E-state index in [2.05, 4.69) is 0 Å². The molecule has 1 aromatic carbocycles. The molecular formula is C15H20O3. The van der Waals surface area contributed by atoms with Gasteiger partial charge < -0.3 is 9.84 Å². The van der Waals surface area contributed by atoms with Crippen LogP contribution >= 0.6 is 0 Å². The summed E-state index contributed by atoms with van der Waals surface area (Å²) in [4.78, 5) is 11.9. The van der Waals surface area contributed by atoms with Gasteiger partial charge in [-0.15, -0.1) is 0 Å². The second kappa shape index (κ2) is 5.53. The highest BCUT2D eigenvalue weighted by molar-refractivity contribution is 5.74. The summed E-state index contributed by atoms with van der Waals surface area (Å²) in [6.07, 6.45) is 0.759. The second-order valence-electron chi connectivity index (χ2n) is 5.00. The first-order chi connectivity index (χ1) is 8.61. The third-order valence-electron chi connectivity index (χ3n) is 3.63. The fourth-order valence-electron chi connectivity index (χ4n) is 2.70. The van der Waals surface area contributed by atoms with Crippen LogP contribution < -0.4 is 0 Å². The van der Waals surface area contributed by atoms with Gasteiger partial charge in [-0.25, -0.2) is 0 Å². The predicted octanol–water partition coefficient (Wildman–Crippen LogP) is 2.41. The summed E-state index contributed by atoms with van der Waals surface area (Å²) < 4.78 is 5.10. The fourth-order valence-corrected chi connectivity index (χ4v) is 2.70. The fraction of sp³-hybridized carbons (Fsp3) is 0.533. The molecule has 1 aromatic rings. The molecule has 18 heavy (non-hydrogen) atoms. The number of ether oxygens (including phenoxy) is 1. The number of aliphatic hydroxyl groups excluding tert-OH is 1. The first-order valence-electron chi connectivity index (χ1n) is 6.53. The molecule has 0 aliphatic heterocycles. The third-order valence-corrected chi connectivity index (χ3v) is 3.63. The number of carbonyl (C=O) groups is 1. The van der Waals surface area contributed by atoms with E-state index in [1.165, 1.54) is 5.56 Å². The number of aliphatic hydroxyl groups is 1. The van der Waals surface area contributed by atoms with Crippen LogP contribution in [0.15, 0.2) is 24.3 Å². The van der Waals surface area contributed by atoms with Crippen molar-refractivity contribution < 1.29 is 14.6 Å². The van der Waals surface area contributed by atoms with E-state index in [1.54, 1.807) is 0 Å². The van der Waals surface area contributed by atoms with Crippen molar-refractivity contribution in [3.8, 4) is 0 Å². The number of aryl methyl sites for hydroxylation is 1. The number of benzene rings is 1. The summed E-state index contributed by atoms with van der Waals surface area (Å²) in [5.41, 5.74) is 2.32. The Labute approximate surface area is 108 Å². The zero-order valence-corrected chi connectivity index (χ0v) is 10.9. The first-order valence-corrected chi connectivity index (χ1v) is 6.53. The minimum Gasteiger partial charge on any atom is -0.466 e. The van der Waals surface area contributed by atoms with Crippen molar-refractivity contribution in [2.75, 3.05) is 6.61 Å². The van der Waals surface area contributed by atoms with Crippen molar-refractivity contribution in [3.05, 3.63) is 35.4 Å². The van der Waals surface area contributed by atoms with Crippen LogP contribution in [0.5, 0.6) is 0 Å². The zero-order chi connectivity index (χ0) is 13.1. The molecule has 3 atom stereocenters. The largest absolute Gasteiger partial charge is 0.466 e. The Kier molecular flexibility index (Phi) is 4.02. The Morgan fingerprint density at radius 1 is 1.33 bits per heavy atom. The van der Waals surface area contributed by atoms with E-state index < -0.39 is 6.10 Å². The molecule has 0 radical (unpaired) electrons. The Balaban J connectivity index is 2.19. The van der Waals surface area contributed by atoms with E-state index in [0.717, 1.165) is 5.56 Å². The number of hydrogen-bond donors (Lipinski definition) is 1. The molecule has 1 N–H and O–H groups in total. The Morgan fingerprint density at radius 3 is 2.61 bits per heavy atom. The highest BCUT2D eigenvalue weighted by Crippen LogP contribution is 2.40. The molecule has 3 heteroatoms. The highest BCUT2D eigenvalue weighted by Gasteiger charge is 2.39. The maximum Gasteiger partial charge on any atom is 0.309 e. The predicted molar refractivity (Wildman–Crippen MR) is 69.3 cm³/mol. The summed E-state index contributed by atoms with van der Waals surface area (Å²) in [7, 11) is 0. The first kappa shape index (κ1) is 13.1. The lowest BCUT2D eigenvalue weighted by Gasteiger charge is -2.18. The molecule has 0 bridgehead atoms. The molecule has 2 rings (SSSR count). The normalized spacial score (nSPS) is 27.2. The van der Waals surface area contributed by atoms with Gasteiger partial charge in [0.25, 0.3) is 0 Å². The standard InChI is InChI=1S/C15H20O3/c1-3-18-15(17)14-9-12(16)8-13(14)11-6-4-10(2)5-7-11/h4-7,12-14,16H,3,8-9H2,1-2H3. The molecule has 1 aliphatic rings. The topological polar surface area (TPSA) is 46.5 Å². The molecular weight excluding hydrogens is 228 g/mol. The molecule has 1 fully saturated rings. The van der Waals surface area contributed by atoms with Crippen molar-refractivity contribution in [1.29, 1.82) is 0 Å². The Hall–Kier alpha value is -1.35. The summed E-state index contributed by atoms with van der Waals surface area (Å²) in [6, 6.07) is 8.18. The molecule has 0 saturated heterocycles. The van der Waals surface area contributed by atoms with Gasteiger partial charge in [-0.1, -0.05) is 29.8 Å². The molecule has 3 unspecified atom stereocenters. The molecule has 0 aromatic heterocycles. The van der Waals surface area contributed by atoms with Crippen LogP contribution in [0, 0.1) is 12.8 Å². The minimum absolute atomic E-state index is 0.0830. The quantitative estimate of drug-likeness (QED) is 0.836. The number of hydrogen-bond acceptors (Lipinski definition) is 3. The number of rotatable bonds is 3. The molecule has 0 amide bonds. The van der Waals surface area contributed by atoms with Crippen LogP contribution in [0.25, 0.3) is 0 Å². The number of esters is 1. The maximum atomic E-state index is 11.9. The lowest BCUT2D eigenvalue weighted by atomic mass is 9.88. The SMILES string of the molecule is CCOC(=O)C1CC(O)CC1c1ccc(C)cc1. The van der Waals surface area contributed by atoms with Gasteiger partial charge in [0.1, 0.15) is 0 Å². The Bertz CT molecular complexity index is 410. The van der Waals surface area contributed by atoms with Gasteiger partial charge in [0, 0.05) is 0 Å². The smallest absolute Gasteiger partial charge is 0.309 e. The van der Waals surface area contributed by atoms with Gasteiger partial charge in [0.05, 0.1) is 18.6 Å². The van der Waals surface area contributed by atoms with Gasteiger partial charge in [-0.05, 0) is 38.2 Å². The van der Waals surface area contributed by atoms with Crippen LogP contribution in [0.3, 0.4) is 0 Å². The lowest BCUT2D eigenvalue weighted by molar-refractivity contribution is -0.148. The van der Waals surface area contributed by atoms with E-state index in [0.29, 0.717) is 19.4 Å². The van der Waals surface area contributed by atoms with Crippen LogP contribution in [-0.4, -0.2) is 23.8 Å². The van der Waals surface area contributed by atoms with Gasteiger partial charge in [-0.2, -0.15) is 0 Å². The van der Waals surface area contributed by atoms with E-state index in [1.807, 2.05) is 38.1 Å². The van der Waals surface area contributed by atoms with Crippen LogP contribution in [0.1, 0.15) is 36.8 Å². The van der Waals surface area contributed by atoms with Gasteiger partial charge in [0.2, 0.25) is 0 Å². The van der Waals surface area contributed by atoms with Gasteiger partial charge in [-0.3, -0.25) is 4.79 Å². The van der Waals surface area contributed by atoms with Crippen molar-refractivity contribution in [3.63, 3.8) is 0 Å². The van der Waals surface area contributed by atoms with E-state index in [-0.39, 0.29) is 17.8 Å². The van der Waals surface area contributed by atoms with Crippen molar-refractivity contribution in [2.24, 2.45) is 5.92 Å². The molecule has 1 saturated carbocycles. The van der Waals surface area contributed by atoms with E-state index in [9.17, 15) is 9.90 Å². The van der Waals surface area contributed by atoms with Crippen molar-refractivity contribution >= 4 is 5.97 Å². The maximum absolute atomic E-state index is 11.9. The zero-order valence-electron chi connectivity index (χ0n) is 10.9. The lowest BCUT2D eigenvalue weighted by Crippen LogP contribution is -2.20. The van der Waals surface area contributed by atoms with E-state index >= 15 is 0 Å². The van der Waals surface area contributed by atoms with Crippen LogP contribution in [-0.2, 0) is 9.53 Å². The minimum atomic E-state index is -0.397. The van der Waals surface area contributed by atoms with Crippen molar-refractivity contribution in [2.45, 2.75) is 38.7 Å². The monoisotopic (exact) mass is 248 g/mol. The van der Waals surface area contributed by atoms with Gasteiger partial charge in [0.15, 0.2) is 0 Å². The average Bonchev–Trinajstić information content (AvgIpc) is 2.73. The number of carbonyl (C=O) groups excluding carboxylic acids is 1. The average molecular weight is 248 g/mol. The summed E-state index contributed by atoms with van der Waals surface area (Å²) in [5, 5.41) is 9.80. The molecule has 3 nitrogen and oxygen atoms in total. The van der Waals surface area contributed by atoms with Crippen molar-refractivity contribution in [1.82, 2.24) is 0 Å². The summed E-state index contributed by atoms with van der Waals surface area (Å²) in [5.74, 6) is -0.304. The van der Waals surface area contributed by atoms with E-state index in [4.69, 9.17) is 4.74 Å². The molecule has 1 aliphatic carbocycles. The molecule has 98 valence electrons. The highest BCUT2D eigenvalue weighted by atomic mass is 16.5. The molecule has 0 heterocycles. The Morgan fingerprint density at radius 2 is 2.00 bits per heavy atom. The summed E-state index contributed by atoms with van der Waals surface area (Å²) >= 11 is 0. The summed E-state index contributed by atoms with van der Waals surface area (Å²) in [6.45, 7) is 4.24. The van der Waals surface area contributed by atoms with Crippen LogP contribution in [0.4, 0.5) is 0 Å². The second-order valence-corrected chi connectivity index (χ2v) is 5.00. The van der Waals surface area contributed by atoms with Gasteiger partial charge >= 0.3 is 5.97 Å².